The minimum Gasteiger partial charge on any atom is -0.323 e. The molecule has 1 aliphatic heterocycles. The smallest absolute Gasteiger partial charge is 0.244 e. The van der Waals surface area contributed by atoms with Gasteiger partial charge in [0.2, 0.25) is 5.91 Å². The molecule has 3 unspecified atom stereocenters. The third-order valence-corrected chi connectivity index (χ3v) is 5.18. The van der Waals surface area contributed by atoms with Crippen molar-refractivity contribution >= 4 is 5.91 Å². The SMILES string of the molecule is CCC1NC2(CC2)C(=O)N1C1CCCC(C)CC1. The molecule has 0 aromatic rings. The Balaban J connectivity index is 1.75. The number of carbonyl (C=O) groups is 1. The fourth-order valence-corrected chi connectivity index (χ4v) is 3.79. The van der Waals surface area contributed by atoms with Gasteiger partial charge >= 0.3 is 0 Å². The van der Waals surface area contributed by atoms with Crippen molar-refractivity contribution < 1.29 is 4.79 Å². The summed E-state index contributed by atoms with van der Waals surface area (Å²) in [5.74, 6) is 1.25. The molecule has 0 bridgehead atoms. The first-order valence-corrected chi connectivity index (χ1v) is 7.77. The highest BCUT2D eigenvalue weighted by molar-refractivity contribution is 5.92. The van der Waals surface area contributed by atoms with Crippen molar-refractivity contribution in [2.75, 3.05) is 0 Å². The maximum absolute atomic E-state index is 12.6. The van der Waals surface area contributed by atoms with Crippen LogP contribution in [0.15, 0.2) is 0 Å². The molecule has 0 aromatic carbocycles. The number of carbonyl (C=O) groups excluding carboxylic acids is 1. The normalized spacial score (nSPS) is 39.1. The number of hydrogen-bond donors (Lipinski definition) is 1. The number of nitrogens with one attached hydrogen (secondary N) is 1. The second-order valence-corrected chi connectivity index (χ2v) is 6.63. The van der Waals surface area contributed by atoms with Gasteiger partial charge in [-0.3, -0.25) is 10.1 Å². The predicted octanol–water partition coefficient (Wildman–Crippen LogP) is 2.66. The number of amides is 1. The first-order chi connectivity index (χ1) is 8.66. The summed E-state index contributed by atoms with van der Waals surface area (Å²) in [6.07, 6.45) is 9.80. The summed E-state index contributed by atoms with van der Waals surface area (Å²) < 4.78 is 0. The third-order valence-electron chi connectivity index (χ3n) is 5.18. The molecule has 2 saturated carbocycles. The standard InChI is InChI=1S/C15H26N2O/c1-3-13-16-15(9-10-15)14(18)17(13)12-6-4-5-11(2)7-8-12/h11-13,16H,3-10H2,1-2H3. The maximum atomic E-state index is 12.6. The van der Waals surface area contributed by atoms with E-state index in [2.05, 4.69) is 24.1 Å². The van der Waals surface area contributed by atoms with Gasteiger partial charge in [0.1, 0.15) is 0 Å². The fourth-order valence-electron chi connectivity index (χ4n) is 3.79. The number of nitrogens with zero attached hydrogens (tertiary/aromatic N) is 1. The summed E-state index contributed by atoms with van der Waals surface area (Å²) >= 11 is 0. The van der Waals surface area contributed by atoms with E-state index >= 15 is 0 Å². The van der Waals surface area contributed by atoms with E-state index < -0.39 is 0 Å². The van der Waals surface area contributed by atoms with E-state index in [0.717, 1.165) is 25.2 Å². The number of hydrogen-bond acceptors (Lipinski definition) is 2. The minimum absolute atomic E-state index is 0.126. The quantitative estimate of drug-likeness (QED) is 0.764. The molecule has 1 saturated heterocycles. The summed E-state index contributed by atoms with van der Waals surface area (Å²) in [5.41, 5.74) is -0.126. The van der Waals surface area contributed by atoms with E-state index in [9.17, 15) is 4.79 Å². The zero-order valence-corrected chi connectivity index (χ0v) is 11.7. The van der Waals surface area contributed by atoms with Gasteiger partial charge in [-0.2, -0.15) is 0 Å². The molecule has 1 heterocycles. The van der Waals surface area contributed by atoms with Crippen LogP contribution in [-0.4, -0.2) is 28.6 Å². The van der Waals surface area contributed by atoms with Gasteiger partial charge in [-0.1, -0.05) is 26.7 Å². The molecule has 3 aliphatic rings. The Hall–Kier alpha value is -0.570. The van der Waals surface area contributed by atoms with Gasteiger partial charge in [0, 0.05) is 6.04 Å². The van der Waals surface area contributed by atoms with E-state index in [0.29, 0.717) is 18.1 Å². The van der Waals surface area contributed by atoms with Crippen molar-refractivity contribution in [3.63, 3.8) is 0 Å². The molecule has 3 nitrogen and oxygen atoms in total. The van der Waals surface area contributed by atoms with Crippen LogP contribution in [0.2, 0.25) is 0 Å². The molecular weight excluding hydrogens is 224 g/mol. The topological polar surface area (TPSA) is 32.3 Å². The van der Waals surface area contributed by atoms with E-state index in [1.807, 2.05) is 0 Å². The molecule has 3 fully saturated rings. The van der Waals surface area contributed by atoms with Crippen molar-refractivity contribution in [1.82, 2.24) is 10.2 Å². The Morgan fingerprint density at radius 2 is 2.06 bits per heavy atom. The van der Waals surface area contributed by atoms with E-state index in [1.54, 1.807) is 0 Å². The van der Waals surface area contributed by atoms with Crippen molar-refractivity contribution in [2.24, 2.45) is 5.92 Å². The van der Waals surface area contributed by atoms with Crippen LogP contribution in [0.3, 0.4) is 0 Å². The lowest BCUT2D eigenvalue weighted by atomic mass is 10.0. The van der Waals surface area contributed by atoms with E-state index in [4.69, 9.17) is 0 Å². The van der Waals surface area contributed by atoms with Gasteiger partial charge in [-0.25, -0.2) is 0 Å². The molecule has 0 radical (unpaired) electrons. The summed E-state index contributed by atoms with van der Waals surface area (Å²) in [5, 5.41) is 3.60. The van der Waals surface area contributed by atoms with Gasteiger partial charge in [0.15, 0.2) is 0 Å². The van der Waals surface area contributed by atoms with Gasteiger partial charge in [-0.15, -0.1) is 0 Å². The average Bonchev–Trinajstić information content (AvgIpc) is 3.10. The van der Waals surface area contributed by atoms with Crippen molar-refractivity contribution in [1.29, 1.82) is 0 Å². The Kier molecular flexibility index (Phi) is 3.13. The summed E-state index contributed by atoms with van der Waals surface area (Å²) in [6.45, 7) is 4.55. The molecule has 1 amide bonds. The summed E-state index contributed by atoms with van der Waals surface area (Å²) in [7, 11) is 0. The highest BCUT2D eigenvalue weighted by atomic mass is 16.2. The van der Waals surface area contributed by atoms with Crippen molar-refractivity contribution in [3.8, 4) is 0 Å². The zero-order chi connectivity index (χ0) is 12.8. The highest BCUT2D eigenvalue weighted by Crippen LogP contribution is 2.44. The third kappa shape index (κ3) is 1.97. The van der Waals surface area contributed by atoms with Crippen LogP contribution in [0.1, 0.15) is 65.2 Å². The van der Waals surface area contributed by atoms with Crippen LogP contribution in [-0.2, 0) is 4.79 Å². The first kappa shape index (κ1) is 12.5. The lowest BCUT2D eigenvalue weighted by Crippen LogP contribution is -2.44. The van der Waals surface area contributed by atoms with Crippen LogP contribution in [0.5, 0.6) is 0 Å². The molecule has 1 N–H and O–H groups in total. The lowest BCUT2D eigenvalue weighted by Gasteiger charge is -2.31. The van der Waals surface area contributed by atoms with E-state index in [-0.39, 0.29) is 5.54 Å². The first-order valence-electron chi connectivity index (χ1n) is 7.77. The second-order valence-electron chi connectivity index (χ2n) is 6.63. The monoisotopic (exact) mass is 250 g/mol. The van der Waals surface area contributed by atoms with Crippen LogP contribution in [0.25, 0.3) is 0 Å². The zero-order valence-electron chi connectivity index (χ0n) is 11.7. The van der Waals surface area contributed by atoms with Gasteiger partial charge in [-0.05, 0) is 44.4 Å². The Morgan fingerprint density at radius 3 is 2.72 bits per heavy atom. The van der Waals surface area contributed by atoms with Crippen LogP contribution in [0.4, 0.5) is 0 Å². The lowest BCUT2D eigenvalue weighted by molar-refractivity contribution is -0.133. The van der Waals surface area contributed by atoms with Crippen LogP contribution < -0.4 is 5.32 Å². The minimum atomic E-state index is -0.126. The Labute approximate surface area is 110 Å². The molecule has 3 rings (SSSR count). The molecule has 3 heteroatoms. The van der Waals surface area contributed by atoms with Gasteiger partial charge in [0.25, 0.3) is 0 Å². The molecule has 0 aromatic heterocycles. The highest BCUT2D eigenvalue weighted by Gasteiger charge is 2.59. The molecule has 1 spiro atoms. The predicted molar refractivity (Wildman–Crippen MR) is 72.1 cm³/mol. The molecule has 102 valence electrons. The number of rotatable bonds is 2. The van der Waals surface area contributed by atoms with Crippen molar-refractivity contribution in [2.45, 2.75) is 83.0 Å². The fraction of sp³-hybridized carbons (Fsp3) is 0.933. The molecular formula is C15H26N2O. The molecule has 18 heavy (non-hydrogen) atoms. The summed E-state index contributed by atoms with van der Waals surface area (Å²) in [4.78, 5) is 14.8. The maximum Gasteiger partial charge on any atom is 0.244 e. The largest absolute Gasteiger partial charge is 0.323 e. The van der Waals surface area contributed by atoms with E-state index in [1.165, 1.54) is 32.1 Å². The molecule has 2 aliphatic carbocycles. The second kappa shape index (κ2) is 4.52. The summed E-state index contributed by atoms with van der Waals surface area (Å²) in [6, 6.07) is 0.500. The van der Waals surface area contributed by atoms with Gasteiger partial charge < -0.3 is 4.90 Å². The molecule has 3 atom stereocenters. The van der Waals surface area contributed by atoms with Crippen molar-refractivity contribution in [3.05, 3.63) is 0 Å². The van der Waals surface area contributed by atoms with Crippen LogP contribution >= 0.6 is 0 Å². The Bertz CT molecular complexity index is 337. The van der Waals surface area contributed by atoms with Gasteiger partial charge in [0.05, 0.1) is 11.7 Å². The average molecular weight is 250 g/mol. The van der Waals surface area contributed by atoms with Crippen LogP contribution in [0, 0.1) is 5.92 Å². The Morgan fingerprint density at radius 1 is 1.28 bits per heavy atom.